The van der Waals surface area contributed by atoms with Crippen LogP contribution in [0.15, 0.2) is 48.5 Å². The standard InChI is InChI=1S/C22H22N4O3/c1-28-18-11-3-14(13-19(18)29-2)4-12-20(27)23-17-9-7-16(8-10-17)22-24-21(25-26-22)15-5-6-15/h3-4,7-13,15H,5-6H2,1-2H3,(H,23,27)(H,24,25,26)/b12-4+. The van der Waals surface area contributed by atoms with Crippen LogP contribution in [0.3, 0.4) is 0 Å². The second-order valence-electron chi connectivity index (χ2n) is 6.83. The van der Waals surface area contributed by atoms with Gasteiger partial charge in [0.1, 0.15) is 5.82 Å². The summed E-state index contributed by atoms with van der Waals surface area (Å²) in [6.07, 6.45) is 5.55. The van der Waals surface area contributed by atoms with E-state index in [0.29, 0.717) is 28.9 Å². The molecule has 3 aromatic rings. The van der Waals surface area contributed by atoms with Crippen LogP contribution in [0.5, 0.6) is 11.5 Å². The van der Waals surface area contributed by atoms with Gasteiger partial charge in [0.2, 0.25) is 5.91 Å². The molecule has 7 nitrogen and oxygen atoms in total. The number of hydrogen-bond donors (Lipinski definition) is 2. The van der Waals surface area contributed by atoms with Crippen LogP contribution in [0.25, 0.3) is 17.5 Å². The van der Waals surface area contributed by atoms with Gasteiger partial charge in [0.05, 0.1) is 14.2 Å². The van der Waals surface area contributed by atoms with Gasteiger partial charge in [-0.05, 0) is 60.9 Å². The molecule has 0 aliphatic heterocycles. The highest BCUT2D eigenvalue weighted by molar-refractivity contribution is 6.02. The van der Waals surface area contributed by atoms with Gasteiger partial charge in [-0.2, -0.15) is 5.10 Å². The molecular formula is C22H22N4O3. The van der Waals surface area contributed by atoms with Gasteiger partial charge in [0.15, 0.2) is 17.3 Å². The fourth-order valence-electron chi connectivity index (χ4n) is 2.96. The molecule has 0 spiro atoms. The average molecular weight is 390 g/mol. The van der Waals surface area contributed by atoms with E-state index in [-0.39, 0.29) is 5.91 Å². The maximum Gasteiger partial charge on any atom is 0.248 e. The van der Waals surface area contributed by atoms with Crippen molar-refractivity contribution in [3.8, 4) is 22.9 Å². The van der Waals surface area contributed by atoms with Crippen molar-refractivity contribution < 1.29 is 14.3 Å². The van der Waals surface area contributed by atoms with Crippen LogP contribution < -0.4 is 14.8 Å². The molecule has 1 aliphatic carbocycles. The van der Waals surface area contributed by atoms with Crippen LogP contribution in [0.1, 0.15) is 30.1 Å². The SMILES string of the molecule is COc1ccc(/C=C/C(=O)Nc2ccc(-c3n[nH]c(C4CC4)n3)cc2)cc1OC. The molecule has 0 unspecified atom stereocenters. The summed E-state index contributed by atoms with van der Waals surface area (Å²) in [4.78, 5) is 16.8. The van der Waals surface area contributed by atoms with Gasteiger partial charge in [-0.25, -0.2) is 4.98 Å². The number of hydrogen-bond acceptors (Lipinski definition) is 5. The number of methoxy groups -OCH3 is 2. The highest BCUT2D eigenvalue weighted by Crippen LogP contribution is 2.38. The average Bonchev–Trinajstić information content (AvgIpc) is 3.49. The predicted molar refractivity (Wildman–Crippen MR) is 111 cm³/mol. The van der Waals surface area contributed by atoms with Crippen LogP contribution in [0.2, 0.25) is 0 Å². The van der Waals surface area contributed by atoms with E-state index < -0.39 is 0 Å². The van der Waals surface area contributed by atoms with Crippen molar-refractivity contribution in [2.24, 2.45) is 0 Å². The minimum absolute atomic E-state index is 0.221. The molecule has 2 aromatic carbocycles. The maximum atomic E-state index is 12.2. The summed E-state index contributed by atoms with van der Waals surface area (Å²) in [6, 6.07) is 12.9. The van der Waals surface area contributed by atoms with Gasteiger partial charge in [0, 0.05) is 23.2 Å². The maximum absolute atomic E-state index is 12.2. The first-order chi connectivity index (χ1) is 14.2. The highest BCUT2D eigenvalue weighted by Gasteiger charge is 2.27. The number of amides is 1. The number of ether oxygens (including phenoxy) is 2. The first kappa shape index (κ1) is 18.7. The third-order valence-electron chi connectivity index (χ3n) is 4.71. The van der Waals surface area contributed by atoms with Crippen molar-refractivity contribution in [2.45, 2.75) is 18.8 Å². The number of anilines is 1. The van der Waals surface area contributed by atoms with Crippen LogP contribution in [0, 0.1) is 0 Å². The molecule has 0 atom stereocenters. The molecule has 0 radical (unpaired) electrons. The van der Waals surface area contributed by atoms with Gasteiger partial charge in [-0.1, -0.05) is 6.07 Å². The molecule has 29 heavy (non-hydrogen) atoms. The van der Waals surface area contributed by atoms with Crippen molar-refractivity contribution in [2.75, 3.05) is 19.5 Å². The highest BCUT2D eigenvalue weighted by atomic mass is 16.5. The third-order valence-corrected chi connectivity index (χ3v) is 4.71. The van der Waals surface area contributed by atoms with E-state index >= 15 is 0 Å². The number of carbonyl (C=O) groups excluding carboxylic acids is 1. The molecular weight excluding hydrogens is 368 g/mol. The largest absolute Gasteiger partial charge is 0.493 e. The lowest BCUT2D eigenvalue weighted by atomic mass is 10.1. The van der Waals surface area contributed by atoms with Crippen molar-refractivity contribution in [3.05, 3.63) is 59.9 Å². The first-order valence-electron chi connectivity index (χ1n) is 9.40. The Morgan fingerprint density at radius 1 is 1.10 bits per heavy atom. The monoisotopic (exact) mass is 390 g/mol. The summed E-state index contributed by atoms with van der Waals surface area (Å²) in [5.74, 6) is 3.21. The number of carbonyl (C=O) groups is 1. The van der Waals surface area contributed by atoms with Crippen molar-refractivity contribution >= 4 is 17.7 Å². The Morgan fingerprint density at radius 2 is 1.86 bits per heavy atom. The molecule has 2 N–H and O–H groups in total. The molecule has 1 saturated carbocycles. The topological polar surface area (TPSA) is 89.1 Å². The van der Waals surface area contributed by atoms with E-state index in [1.54, 1.807) is 26.4 Å². The Kier molecular flexibility index (Phi) is 5.29. The zero-order valence-corrected chi connectivity index (χ0v) is 16.3. The summed E-state index contributed by atoms with van der Waals surface area (Å²) < 4.78 is 10.5. The van der Waals surface area contributed by atoms with Crippen LogP contribution in [-0.2, 0) is 4.79 Å². The molecule has 1 aliphatic rings. The quantitative estimate of drug-likeness (QED) is 0.595. The Bertz CT molecular complexity index is 1040. The number of nitrogens with one attached hydrogen (secondary N) is 2. The summed E-state index contributed by atoms with van der Waals surface area (Å²) in [5.41, 5.74) is 2.45. The first-order valence-corrected chi connectivity index (χ1v) is 9.40. The number of aromatic nitrogens is 3. The molecule has 1 heterocycles. The smallest absolute Gasteiger partial charge is 0.248 e. The molecule has 1 aromatic heterocycles. The fraction of sp³-hybridized carbons (Fsp3) is 0.227. The Morgan fingerprint density at radius 3 is 2.55 bits per heavy atom. The Balaban J connectivity index is 1.38. The van der Waals surface area contributed by atoms with Crippen LogP contribution >= 0.6 is 0 Å². The van der Waals surface area contributed by atoms with E-state index in [2.05, 4.69) is 20.5 Å². The van der Waals surface area contributed by atoms with E-state index in [0.717, 1.165) is 17.0 Å². The van der Waals surface area contributed by atoms with Crippen molar-refractivity contribution in [1.82, 2.24) is 15.2 Å². The number of nitrogens with zero attached hydrogens (tertiary/aromatic N) is 2. The van der Waals surface area contributed by atoms with Gasteiger partial charge in [-0.3, -0.25) is 9.89 Å². The second kappa shape index (κ2) is 8.18. The molecule has 7 heteroatoms. The van der Waals surface area contributed by atoms with E-state index in [4.69, 9.17) is 9.47 Å². The lowest BCUT2D eigenvalue weighted by Gasteiger charge is -2.07. The zero-order chi connectivity index (χ0) is 20.2. The number of aromatic amines is 1. The van der Waals surface area contributed by atoms with Crippen molar-refractivity contribution in [3.63, 3.8) is 0 Å². The minimum Gasteiger partial charge on any atom is -0.493 e. The fourth-order valence-corrected chi connectivity index (χ4v) is 2.96. The third kappa shape index (κ3) is 4.45. The Hall–Kier alpha value is -3.61. The minimum atomic E-state index is -0.221. The number of H-pyrrole nitrogens is 1. The normalized spacial score (nSPS) is 13.4. The molecule has 148 valence electrons. The van der Waals surface area contributed by atoms with Gasteiger partial charge in [-0.15, -0.1) is 0 Å². The molecule has 0 saturated heterocycles. The zero-order valence-electron chi connectivity index (χ0n) is 16.3. The van der Waals surface area contributed by atoms with Crippen LogP contribution in [0.4, 0.5) is 5.69 Å². The molecule has 1 amide bonds. The van der Waals surface area contributed by atoms with Crippen molar-refractivity contribution in [1.29, 1.82) is 0 Å². The predicted octanol–water partition coefficient (Wildman–Crippen LogP) is 4.02. The summed E-state index contributed by atoms with van der Waals surface area (Å²) in [6.45, 7) is 0. The second-order valence-corrected chi connectivity index (χ2v) is 6.83. The Labute approximate surface area is 168 Å². The van der Waals surface area contributed by atoms with Crippen LogP contribution in [-0.4, -0.2) is 35.3 Å². The molecule has 0 bridgehead atoms. The van der Waals surface area contributed by atoms with E-state index in [1.165, 1.54) is 18.9 Å². The van der Waals surface area contributed by atoms with E-state index in [9.17, 15) is 4.79 Å². The summed E-state index contributed by atoms with van der Waals surface area (Å²) in [7, 11) is 3.16. The van der Waals surface area contributed by atoms with Gasteiger partial charge >= 0.3 is 0 Å². The van der Waals surface area contributed by atoms with Gasteiger partial charge < -0.3 is 14.8 Å². The molecule has 1 fully saturated rings. The molecule has 4 rings (SSSR count). The lowest BCUT2D eigenvalue weighted by molar-refractivity contribution is -0.111. The van der Waals surface area contributed by atoms with E-state index in [1.807, 2.05) is 36.4 Å². The number of rotatable bonds is 7. The van der Waals surface area contributed by atoms with Gasteiger partial charge in [0.25, 0.3) is 0 Å². The number of benzene rings is 2. The summed E-state index contributed by atoms with van der Waals surface area (Å²) in [5, 5.41) is 10.1. The summed E-state index contributed by atoms with van der Waals surface area (Å²) >= 11 is 0. The lowest BCUT2D eigenvalue weighted by Crippen LogP contribution is -2.07.